The van der Waals surface area contributed by atoms with Gasteiger partial charge < -0.3 is 10.5 Å². The lowest BCUT2D eigenvalue weighted by atomic mass is 10.2. The summed E-state index contributed by atoms with van der Waals surface area (Å²) in [5, 5.41) is 7.27. The van der Waals surface area contributed by atoms with Gasteiger partial charge in [-0.1, -0.05) is 19.8 Å². The van der Waals surface area contributed by atoms with E-state index < -0.39 is 0 Å². The van der Waals surface area contributed by atoms with Crippen molar-refractivity contribution in [2.75, 3.05) is 6.61 Å². The third kappa shape index (κ3) is 4.40. The molecule has 1 aromatic heterocycles. The maximum Gasteiger partial charge on any atom is 0.141 e. The van der Waals surface area contributed by atoms with Crippen LogP contribution in [-0.2, 0) is 11.3 Å². The number of amidine groups is 1. The van der Waals surface area contributed by atoms with E-state index in [1.165, 1.54) is 12.8 Å². The van der Waals surface area contributed by atoms with Crippen LogP contribution in [0.2, 0.25) is 0 Å². The summed E-state index contributed by atoms with van der Waals surface area (Å²) in [6.07, 6.45) is 5.16. The van der Waals surface area contributed by atoms with Gasteiger partial charge in [0.05, 0.1) is 6.61 Å². The molecule has 0 saturated heterocycles. The fraction of sp³-hybridized carbons (Fsp3) is 0.500. The van der Waals surface area contributed by atoms with Crippen LogP contribution in [0.1, 0.15) is 37.4 Å². The summed E-state index contributed by atoms with van der Waals surface area (Å²) in [5.41, 5.74) is 6.88. The molecule has 0 aromatic carbocycles. The van der Waals surface area contributed by atoms with Gasteiger partial charge in [-0.2, -0.15) is 0 Å². The maximum atomic E-state index is 7.27. The second kappa shape index (κ2) is 6.95. The summed E-state index contributed by atoms with van der Waals surface area (Å²) in [6, 6.07) is 3.68. The van der Waals surface area contributed by atoms with Crippen molar-refractivity contribution < 1.29 is 4.74 Å². The van der Waals surface area contributed by atoms with Crippen molar-refractivity contribution in [1.82, 2.24) is 4.98 Å². The lowest BCUT2D eigenvalue weighted by molar-refractivity contribution is 0.117. The number of hydrogen-bond donors (Lipinski definition) is 2. The van der Waals surface area contributed by atoms with Crippen molar-refractivity contribution >= 4 is 5.84 Å². The first kappa shape index (κ1) is 12.6. The van der Waals surface area contributed by atoms with E-state index in [9.17, 15) is 0 Å². The van der Waals surface area contributed by atoms with E-state index in [0.29, 0.717) is 12.3 Å². The van der Waals surface area contributed by atoms with Gasteiger partial charge in [0, 0.05) is 12.8 Å². The first-order valence-electron chi connectivity index (χ1n) is 5.61. The normalized spacial score (nSPS) is 10.3. The number of ether oxygens (including phenoxy) is 1. The second-order valence-electron chi connectivity index (χ2n) is 3.72. The van der Waals surface area contributed by atoms with Crippen molar-refractivity contribution in [2.24, 2.45) is 5.73 Å². The molecule has 0 aliphatic carbocycles. The number of nitrogen functional groups attached to an aromatic ring is 1. The fourth-order valence-corrected chi connectivity index (χ4v) is 1.36. The molecule has 16 heavy (non-hydrogen) atoms. The molecule has 4 nitrogen and oxygen atoms in total. The van der Waals surface area contributed by atoms with E-state index >= 15 is 0 Å². The molecule has 0 spiro atoms. The van der Waals surface area contributed by atoms with Gasteiger partial charge in [0.15, 0.2) is 0 Å². The molecule has 0 unspecified atom stereocenters. The Morgan fingerprint density at radius 3 is 3.00 bits per heavy atom. The van der Waals surface area contributed by atoms with Crippen LogP contribution in [-0.4, -0.2) is 17.4 Å². The summed E-state index contributed by atoms with van der Waals surface area (Å²) in [4.78, 5) is 3.99. The van der Waals surface area contributed by atoms with E-state index in [0.717, 1.165) is 18.6 Å². The Kier molecular flexibility index (Phi) is 5.50. The predicted octanol–water partition coefficient (Wildman–Crippen LogP) is 2.07. The Bertz CT molecular complexity index is 339. The van der Waals surface area contributed by atoms with Crippen LogP contribution in [0.15, 0.2) is 18.3 Å². The number of nitrogens with zero attached hydrogens (tertiary/aromatic N) is 1. The monoisotopic (exact) mass is 221 g/mol. The van der Waals surface area contributed by atoms with E-state index in [2.05, 4.69) is 11.9 Å². The van der Waals surface area contributed by atoms with Crippen LogP contribution < -0.4 is 5.73 Å². The zero-order valence-electron chi connectivity index (χ0n) is 9.70. The SMILES string of the molecule is CCCCCOCc1ccnc(C(=N)N)c1. The lowest BCUT2D eigenvalue weighted by Crippen LogP contribution is -2.13. The highest BCUT2D eigenvalue weighted by Crippen LogP contribution is 2.04. The highest BCUT2D eigenvalue weighted by atomic mass is 16.5. The number of aromatic nitrogens is 1. The molecule has 0 amide bonds. The standard InChI is InChI=1S/C12H19N3O/c1-2-3-4-7-16-9-10-5-6-15-11(8-10)12(13)14/h5-6,8H,2-4,7,9H2,1H3,(H3,13,14). The van der Waals surface area contributed by atoms with E-state index in [-0.39, 0.29) is 5.84 Å². The van der Waals surface area contributed by atoms with Crippen LogP contribution in [0.5, 0.6) is 0 Å². The third-order valence-electron chi connectivity index (χ3n) is 2.26. The van der Waals surface area contributed by atoms with Gasteiger partial charge in [0.1, 0.15) is 11.5 Å². The number of hydrogen-bond acceptors (Lipinski definition) is 3. The molecule has 0 saturated carbocycles. The fourth-order valence-electron chi connectivity index (χ4n) is 1.36. The summed E-state index contributed by atoms with van der Waals surface area (Å²) in [5.74, 6) is -0.00664. The van der Waals surface area contributed by atoms with Gasteiger partial charge in [0.25, 0.3) is 0 Å². The minimum Gasteiger partial charge on any atom is -0.382 e. The first-order valence-corrected chi connectivity index (χ1v) is 5.61. The molecule has 0 bridgehead atoms. The zero-order valence-corrected chi connectivity index (χ0v) is 9.70. The van der Waals surface area contributed by atoms with Gasteiger partial charge in [-0.05, 0) is 24.1 Å². The molecule has 1 aromatic rings. The average molecular weight is 221 g/mol. The second-order valence-corrected chi connectivity index (χ2v) is 3.72. The smallest absolute Gasteiger partial charge is 0.141 e. The molecule has 0 fully saturated rings. The number of nitrogens with one attached hydrogen (secondary N) is 1. The zero-order chi connectivity index (χ0) is 11.8. The Morgan fingerprint density at radius 2 is 2.31 bits per heavy atom. The average Bonchev–Trinajstić information content (AvgIpc) is 2.29. The number of pyridine rings is 1. The van der Waals surface area contributed by atoms with Gasteiger partial charge in [-0.25, -0.2) is 0 Å². The highest BCUT2D eigenvalue weighted by Gasteiger charge is 2.00. The van der Waals surface area contributed by atoms with Crippen molar-refractivity contribution in [3.8, 4) is 0 Å². The van der Waals surface area contributed by atoms with E-state index in [1.54, 1.807) is 12.3 Å². The molecule has 1 rings (SSSR count). The largest absolute Gasteiger partial charge is 0.382 e. The molecule has 1 heterocycles. The molecule has 3 N–H and O–H groups in total. The minimum atomic E-state index is -0.00664. The molecule has 0 aliphatic heterocycles. The molecule has 0 aliphatic rings. The Hall–Kier alpha value is -1.42. The van der Waals surface area contributed by atoms with Crippen LogP contribution in [0.25, 0.3) is 0 Å². The first-order chi connectivity index (χ1) is 7.74. The summed E-state index contributed by atoms with van der Waals surface area (Å²) >= 11 is 0. The number of unbranched alkanes of at least 4 members (excludes halogenated alkanes) is 2. The topological polar surface area (TPSA) is 72.0 Å². The Morgan fingerprint density at radius 1 is 1.50 bits per heavy atom. The Labute approximate surface area is 96.3 Å². The molecular formula is C12H19N3O. The summed E-state index contributed by atoms with van der Waals surface area (Å²) in [6.45, 7) is 3.51. The lowest BCUT2D eigenvalue weighted by Gasteiger charge is -2.05. The van der Waals surface area contributed by atoms with Crippen LogP contribution in [0, 0.1) is 5.41 Å². The third-order valence-corrected chi connectivity index (χ3v) is 2.26. The molecule has 88 valence electrons. The number of nitrogens with two attached hydrogens (primary N) is 1. The van der Waals surface area contributed by atoms with Crippen LogP contribution >= 0.6 is 0 Å². The van der Waals surface area contributed by atoms with Crippen LogP contribution in [0.3, 0.4) is 0 Å². The minimum absolute atomic E-state index is 0.00664. The van der Waals surface area contributed by atoms with E-state index in [1.807, 2.05) is 6.07 Å². The molecule has 4 heteroatoms. The molecule has 0 atom stereocenters. The summed E-state index contributed by atoms with van der Waals surface area (Å²) in [7, 11) is 0. The van der Waals surface area contributed by atoms with Crippen molar-refractivity contribution in [2.45, 2.75) is 32.8 Å². The van der Waals surface area contributed by atoms with Crippen molar-refractivity contribution in [3.05, 3.63) is 29.6 Å². The van der Waals surface area contributed by atoms with Gasteiger partial charge >= 0.3 is 0 Å². The maximum absolute atomic E-state index is 7.27. The van der Waals surface area contributed by atoms with Crippen molar-refractivity contribution in [3.63, 3.8) is 0 Å². The molecular weight excluding hydrogens is 202 g/mol. The van der Waals surface area contributed by atoms with E-state index in [4.69, 9.17) is 15.9 Å². The quantitative estimate of drug-likeness (QED) is 0.420. The highest BCUT2D eigenvalue weighted by molar-refractivity contribution is 5.93. The van der Waals surface area contributed by atoms with Gasteiger partial charge in [-0.3, -0.25) is 10.4 Å². The predicted molar refractivity (Wildman–Crippen MR) is 64.4 cm³/mol. The molecule has 0 radical (unpaired) electrons. The number of rotatable bonds is 7. The summed E-state index contributed by atoms with van der Waals surface area (Å²) < 4.78 is 5.52. The van der Waals surface area contributed by atoms with Crippen LogP contribution in [0.4, 0.5) is 0 Å². The van der Waals surface area contributed by atoms with Crippen molar-refractivity contribution in [1.29, 1.82) is 5.41 Å². The van der Waals surface area contributed by atoms with Gasteiger partial charge in [-0.15, -0.1) is 0 Å². The van der Waals surface area contributed by atoms with Gasteiger partial charge in [0.2, 0.25) is 0 Å². The Balaban J connectivity index is 2.36.